The fourth-order valence-electron chi connectivity index (χ4n) is 4.95. The van der Waals surface area contributed by atoms with Crippen LogP contribution in [0.4, 0.5) is 0 Å². The molecule has 2 aliphatic rings. The second-order valence-corrected chi connectivity index (χ2v) is 9.77. The maximum absolute atomic E-state index is 6.29. The molecule has 190 valence electrons. The minimum absolute atomic E-state index is 0.0640. The van der Waals surface area contributed by atoms with Crippen LogP contribution in [0.1, 0.15) is 41.3 Å². The molecule has 0 spiro atoms. The van der Waals surface area contributed by atoms with Crippen molar-refractivity contribution in [1.29, 1.82) is 0 Å². The number of benzene rings is 4. The van der Waals surface area contributed by atoms with E-state index in [1.54, 1.807) is 0 Å². The summed E-state index contributed by atoms with van der Waals surface area (Å²) in [5, 5.41) is 0. The number of aliphatic imine (C=N–C) groups is 2. The third-order valence-electron chi connectivity index (χ3n) is 7.21. The summed E-state index contributed by atoms with van der Waals surface area (Å²) in [5.74, 6) is 2.04. The summed E-state index contributed by atoms with van der Waals surface area (Å²) in [6, 6.07) is 38.6. The minimum Gasteiger partial charge on any atom is -0.489 e. The van der Waals surface area contributed by atoms with Gasteiger partial charge in [-0.2, -0.15) is 0 Å². The summed E-state index contributed by atoms with van der Waals surface area (Å²) in [6.07, 6.45) is 0. The zero-order valence-electron chi connectivity index (χ0n) is 21.4. The predicted molar refractivity (Wildman–Crippen MR) is 150 cm³/mol. The highest BCUT2D eigenvalue weighted by molar-refractivity contribution is 6.11. The quantitative estimate of drug-likeness (QED) is 0.264. The van der Waals surface area contributed by atoms with Crippen LogP contribution in [0, 0.1) is 0 Å². The molecular weight excluding hydrogens is 472 g/mol. The Labute approximate surface area is 223 Å². The Morgan fingerprint density at radius 1 is 0.658 bits per heavy atom. The van der Waals surface area contributed by atoms with Crippen molar-refractivity contribution in [2.24, 2.45) is 9.98 Å². The Balaban J connectivity index is 1.32. The first kappa shape index (κ1) is 24.0. The van der Waals surface area contributed by atoms with Gasteiger partial charge in [0.2, 0.25) is 11.8 Å². The average Bonchev–Trinajstić information content (AvgIpc) is 3.69. The van der Waals surface area contributed by atoms with Crippen molar-refractivity contribution < 1.29 is 14.2 Å². The summed E-state index contributed by atoms with van der Waals surface area (Å²) in [7, 11) is 0. The highest BCUT2D eigenvalue weighted by Crippen LogP contribution is 2.39. The summed E-state index contributed by atoms with van der Waals surface area (Å²) in [4.78, 5) is 10.1. The van der Waals surface area contributed by atoms with Crippen molar-refractivity contribution in [2.45, 2.75) is 31.0 Å². The van der Waals surface area contributed by atoms with E-state index in [4.69, 9.17) is 24.2 Å². The van der Waals surface area contributed by atoms with Gasteiger partial charge in [-0.3, -0.25) is 0 Å². The second kappa shape index (κ2) is 10.5. The van der Waals surface area contributed by atoms with Gasteiger partial charge in [0.25, 0.3) is 0 Å². The van der Waals surface area contributed by atoms with E-state index in [1.807, 2.05) is 66.7 Å². The van der Waals surface area contributed by atoms with E-state index in [0.29, 0.717) is 31.6 Å². The van der Waals surface area contributed by atoms with Gasteiger partial charge in [-0.15, -0.1) is 0 Å². The molecule has 4 aromatic carbocycles. The van der Waals surface area contributed by atoms with Crippen molar-refractivity contribution >= 4 is 11.8 Å². The predicted octanol–water partition coefficient (Wildman–Crippen LogP) is 6.86. The third kappa shape index (κ3) is 4.80. The largest absolute Gasteiger partial charge is 0.489 e. The first-order valence-corrected chi connectivity index (χ1v) is 13.0. The van der Waals surface area contributed by atoms with E-state index in [0.717, 1.165) is 28.0 Å². The zero-order chi connectivity index (χ0) is 25.8. The summed E-state index contributed by atoms with van der Waals surface area (Å²) >= 11 is 0. The van der Waals surface area contributed by atoms with Gasteiger partial charge in [0.1, 0.15) is 43.1 Å². The molecule has 0 amide bonds. The number of rotatable bonds is 8. The van der Waals surface area contributed by atoms with Crippen molar-refractivity contribution in [3.8, 4) is 5.75 Å². The monoisotopic (exact) mass is 502 g/mol. The molecular formula is C33H30N2O3. The highest BCUT2D eigenvalue weighted by Gasteiger charge is 2.47. The molecule has 0 bridgehead atoms. The third-order valence-corrected chi connectivity index (χ3v) is 7.21. The van der Waals surface area contributed by atoms with Gasteiger partial charge in [0, 0.05) is 0 Å². The summed E-state index contributed by atoms with van der Waals surface area (Å²) < 4.78 is 18.6. The first-order chi connectivity index (χ1) is 18.7. The lowest BCUT2D eigenvalue weighted by atomic mass is 9.81. The van der Waals surface area contributed by atoms with Gasteiger partial charge in [-0.1, -0.05) is 103 Å². The molecule has 2 heterocycles. The van der Waals surface area contributed by atoms with Crippen molar-refractivity contribution in [1.82, 2.24) is 0 Å². The van der Waals surface area contributed by atoms with E-state index in [1.165, 1.54) is 0 Å². The lowest BCUT2D eigenvalue weighted by Gasteiger charge is -2.28. The van der Waals surface area contributed by atoms with Crippen molar-refractivity contribution in [2.75, 3.05) is 13.2 Å². The Morgan fingerprint density at radius 2 is 1.13 bits per heavy atom. The maximum atomic E-state index is 6.29. The van der Waals surface area contributed by atoms with E-state index in [2.05, 4.69) is 55.5 Å². The molecule has 0 saturated carbocycles. The number of hydrogen-bond donors (Lipinski definition) is 0. The highest BCUT2D eigenvalue weighted by atomic mass is 16.5. The second-order valence-electron chi connectivity index (χ2n) is 9.77. The minimum atomic E-state index is -0.773. The fourth-order valence-corrected chi connectivity index (χ4v) is 4.95. The first-order valence-electron chi connectivity index (χ1n) is 13.0. The van der Waals surface area contributed by atoms with Crippen LogP contribution in [0.5, 0.6) is 5.75 Å². The van der Waals surface area contributed by atoms with E-state index in [9.17, 15) is 0 Å². The summed E-state index contributed by atoms with van der Waals surface area (Å²) in [6.45, 7) is 3.58. The molecule has 0 fully saturated rings. The van der Waals surface area contributed by atoms with Crippen LogP contribution in [-0.2, 0) is 21.5 Å². The van der Waals surface area contributed by atoms with Crippen molar-refractivity contribution in [3.63, 3.8) is 0 Å². The standard InChI is InChI=1S/C33H30N2O3/c1-33(31-34-29(22-37-31)25-13-7-3-8-14-25,32-35-30(23-38-32)26-15-9-4-10-16-26)27-17-19-28(20-18-27)36-21-24-11-5-2-6-12-24/h2-20,29-30H,21-23H2,1H3/t29-,30-/m0/s1. The number of nitrogens with zero attached hydrogens (tertiary/aromatic N) is 2. The molecule has 2 aliphatic heterocycles. The van der Waals surface area contributed by atoms with Crippen LogP contribution in [0.2, 0.25) is 0 Å². The van der Waals surface area contributed by atoms with Gasteiger partial charge < -0.3 is 14.2 Å². The van der Waals surface area contributed by atoms with Crippen LogP contribution in [-0.4, -0.2) is 25.0 Å². The molecule has 0 unspecified atom stereocenters. The molecule has 4 aromatic rings. The van der Waals surface area contributed by atoms with Crippen molar-refractivity contribution in [3.05, 3.63) is 138 Å². The molecule has 2 atom stereocenters. The van der Waals surface area contributed by atoms with Crippen LogP contribution in [0.25, 0.3) is 0 Å². The lowest BCUT2D eigenvalue weighted by molar-refractivity contribution is 0.278. The Bertz CT molecular complexity index is 1350. The Hall–Kier alpha value is -4.38. The zero-order valence-corrected chi connectivity index (χ0v) is 21.4. The van der Waals surface area contributed by atoms with E-state index in [-0.39, 0.29) is 12.1 Å². The van der Waals surface area contributed by atoms with E-state index < -0.39 is 5.41 Å². The van der Waals surface area contributed by atoms with Gasteiger partial charge in [-0.05, 0) is 41.3 Å². The van der Waals surface area contributed by atoms with E-state index >= 15 is 0 Å². The van der Waals surface area contributed by atoms with Crippen LogP contribution >= 0.6 is 0 Å². The Kier molecular flexibility index (Phi) is 6.65. The van der Waals surface area contributed by atoms with Gasteiger partial charge in [-0.25, -0.2) is 9.98 Å². The maximum Gasteiger partial charge on any atom is 0.204 e. The molecule has 0 radical (unpaired) electrons. The fraction of sp³-hybridized carbons (Fsp3) is 0.212. The van der Waals surface area contributed by atoms with Crippen LogP contribution in [0.15, 0.2) is 125 Å². The topological polar surface area (TPSA) is 52.4 Å². The molecule has 5 heteroatoms. The molecule has 6 rings (SSSR count). The van der Waals surface area contributed by atoms with Gasteiger partial charge in [0.15, 0.2) is 0 Å². The van der Waals surface area contributed by atoms with Gasteiger partial charge in [0.05, 0.1) is 0 Å². The Morgan fingerprint density at radius 3 is 1.63 bits per heavy atom. The van der Waals surface area contributed by atoms with Crippen LogP contribution < -0.4 is 4.74 Å². The van der Waals surface area contributed by atoms with Gasteiger partial charge >= 0.3 is 0 Å². The molecule has 38 heavy (non-hydrogen) atoms. The molecule has 0 aliphatic carbocycles. The molecule has 0 N–H and O–H groups in total. The smallest absolute Gasteiger partial charge is 0.204 e. The number of hydrogen-bond acceptors (Lipinski definition) is 5. The molecule has 5 nitrogen and oxygen atoms in total. The normalized spacial score (nSPS) is 18.8. The average molecular weight is 503 g/mol. The lowest BCUT2D eigenvalue weighted by Crippen LogP contribution is -2.41. The van der Waals surface area contributed by atoms with Crippen LogP contribution in [0.3, 0.4) is 0 Å². The SMILES string of the molecule is CC(C1=N[C@H](c2ccccc2)CO1)(C1=N[C@H](c2ccccc2)CO1)c1ccc(OCc2ccccc2)cc1. The molecule has 0 aromatic heterocycles. The summed E-state index contributed by atoms with van der Waals surface area (Å²) in [5.41, 5.74) is 3.61. The molecule has 0 saturated heterocycles. The number of ether oxygens (including phenoxy) is 3.